The van der Waals surface area contributed by atoms with Crippen LogP contribution in [-0.4, -0.2) is 33.9 Å². The minimum atomic E-state index is -0.316. The van der Waals surface area contributed by atoms with Crippen molar-refractivity contribution in [3.63, 3.8) is 0 Å². The van der Waals surface area contributed by atoms with Gasteiger partial charge in [-0.2, -0.15) is 0 Å². The number of carbonyl (C=O) groups is 1. The average molecular weight is 390 g/mol. The second kappa shape index (κ2) is 8.39. The number of amides is 1. The van der Waals surface area contributed by atoms with Crippen molar-refractivity contribution < 1.29 is 9.18 Å². The van der Waals surface area contributed by atoms with E-state index in [1.54, 1.807) is 18.3 Å². The number of piperidine rings is 1. The van der Waals surface area contributed by atoms with Gasteiger partial charge in [0.2, 0.25) is 5.95 Å². The normalized spacial score (nSPS) is 16.5. The topological polar surface area (TPSA) is 58.1 Å². The van der Waals surface area contributed by atoms with Gasteiger partial charge in [-0.15, -0.1) is 0 Å². The first-order chi connectivity index (χ1) is 14.1. The van der Waals surface area contributed by atoms with Crippen LogP contribution >= 0.6 is 0 Å². The number of benzene rings is 2. The van der Waals surface area contributed by atoms with E-state index < -0.39 is 0 Å². The lowest BCUT2D eigenvalue weighted by Gasteiger charge is -2.32. The molecule has 0 spiro atoms. The van der Waals surface area contributed by atoms with Crippen LogP contribution in [0.4, 0.5) is 16.0 Å². The standard InChI is InChI=1S/C23H23FN4O/c1-16-7-9-17(10-8-16)22(29)28-13-3-4-18(15-28)21-11-12-25-23(27-21)26-20-6-2-5-19(24)14-20/h2,5-12,14,18H,3-4,13,15H2,1H3,(H,25,26,27). The van der Waals surface area contributed by atoms with Gasteiger partial charge in [-0.25, -0.2) is 14.4 Å². The maximum atomic E-state index is 13.4. The molecule has 4 rings (SSSR count). The minimum absolute atomic E-state index is 0.0573. The molecule has 2 heterocycles. The van der Waals surface area contributed by atoms with E-state index in [-0.39, 0.29) is 17.6 Å². The van der Waals surface area contributed by atoms with Gasteiger partial charge >= 0.3 is 0 Å². The third-order valence-corrected chi connectivity index (χ3v) is 5.18. The first kappa shape index (κ1) is 19.1. The highest BCUT2D eigenvalue weighted by Gasteiger charge is 2.26. The van der Waals surface area contributed by atoms with Crippen molar-refractivity contribution in [3.8, 4) is 0 Å². The summed E-state index contributed by atoms with van der Waals surface area (Å²) in [6, 6.07) is 15.8. The van der Waals surface area contributed by atoms with Gasteiger partial charge in [0, 0.05) is 36.5 Å². The number of nitrogens with zero attached hydrogens (tertiary/aromatic N) is 3. The first-order valence-corrected chi connectivity index (χ1v) is 9.80. The Morgan fingerprint density at radius 1 is 1.17 bits per heavy atom. The number of rotatable bonds is 4. The molecule has 29 heavy (non-hydrogen) atoms. The van der Waals surface area contributed by atoms with Gasteiger partial charge in [-0.05, 0) is 56.2 Å². The van der Waals surface area contributed by atoms with Crippen LogP contribution in [0.15, 0.2) is 60.8 Å². The number of aryl methyl sites for hydroxylation is 1. The van der Waals surface area contributed by atoms with Gasteiger partial charge in [0.1, 0.15) is 5.82 Å². The Balaban J connectivity index is 1.48. The third-order valence-electron chi connectivity index (χ3n) is 5.18. The van der Waals surface area contributed by atoms with Crippen molar-refractivity contribution in [2.45, 2.75) is 25.7 Å². The summed E-state index contributed by atoms with van der Waals surface area (Å²) in [4.78, 5) is 23.6. The molecule has 1 fully saturated rings. The van der Waals surface area contributed by atoms with Crippen LogP contribution in [-0.2, 0) is 0 Å². The van der Waals surface area contributed by atoms with Gasteiger partial charge < -0.3 is 10.2 Å². The highest BCUT2D eigenvalue weighted by molar-refractivity contribution is 5.94. The average Bonchev–Trinajstić information content (AvgIpc) is 2.74. The number of carbonyl (C=O) groups excluding carboxylic acids is 1. The predicted molar refractivity (Wildman–Crippen MR) is 111 cm³/mol. The van der Waals surface area contributed by atoms with Gasteiger partial charge in [0.25, 0.3) is 5.91 Å². The van der Waals surface area contributed by atoms with Crippen molar-refractivity contribution in [3.05, 3.63) is 83.4 Å². The maximum Gasteiger partial charge on any atom is 0.253 e. The minimum Gasteiger partial charge on any atom is -0.338 e. The Bertz CT molecular complexity index is 1010. The molecule has 1 aromatic heterocycles. The molecular weight excluding hydrogens is 367 g/mol. The Hall–Kier alpha value is -3.28. The summed E-state index contributed by atoms with van der Waals surface area (Å²) in [6.07, 6.45) is 3.59. The van der Waals surface area contributed by atoms with Gasteiger partial charge in [-0.3, -0.25) is 4.79 Å². The largest absolute Gasteiger partial charge is 0.338 e. The van der Waals surface area contributed by atoms with E-state index >= 15 is 0 Å². The van der Waals surface area contributed by atoms with Crippen LogP contribution < -0.4 is 5.32 Å². The second-order valence-corrected chi connectivity index (χ2v) is 7.40. The Morgan fingerprint density at radius 2 is 2.00 bits per heavy atom. The molecule has 1 atom stereocenters. The van der Waals surface area contributed by atoms with E-state index in [1.165, 1.54) is 12.1 Å². The molecule has 1 saturated heterocycles. The summed E-state index contributed by atoms with van der Waals surface area (Å²) in [6.45, 7) is 3.39. The number of anilines is 2. The smallest absolute Gasteiger partial charge is 0.253 e. The van der Waals surface area contributed by atoms with Crippen molar-refractivity contribution >= 4 is 17.5 Å². The summed E-state index contributed by atoms with van der Waals surface area (Å²) >= 11 is 0. The van der Waals surface area contributed by atoms with Crippen LogP contribution in [0.25, 0.3) is 0 Å². The van der Waals surface area contributed by atoms with E-state index in [9.17, 15) is 9.18 Å². The lowest BCUT2D eigenvalue weighted by atomic mass is 9.94. The Morgan fingerprint density at radius 3 is 2.79 bits per heavy atom. The molecule has 0 aliphatic carbocycles. The molecule has 2 aromatic carbocycles. The molecule has 0 radical (unpaired) electrons. The Labute approximate surface area is 169 Å². The summed E-state index contributed by atoms with van der Waals surface area (Å²) in [5.41, 5.74) is 3.34. The van der Waals surface area contributed by atoms with Crippen LogP contribution in [0.1, 0.15) is 40.4 Å². The quantitative estimate of drug-likeness (QED) is 0.702. The second-order valence-electron chi connectivity index (χ2n) is 7.40. The van der Waals surface area contributed by atoms with Gasteiger partial charge in [-0.1, -0.05) is 23.8 Å². The molecule has 1 aliphatic rings. The zero-order valence-electron chi connectivity index (χ0n) is 16.3. The van der Waals surface area contributed by atoms with Crippen LogP contribution in [0.3, 0.4) is 0 Å². The Kier molecular flexibility index (Phi) is 5.51. The molecule has 1 N–H and O–H groups in total. The zero-order valence-corrected chi connectivity index (χ0v) is 16.3. The van der Waals surface area contributed by atoms with E-state index in [0.717, 1.165) is 30.6 Å². The van der Waals surface area contributed by atoms with Crippen LogP contribution in [0.2, 0.25) is 0 Å². The SMILES string of the molecule is Cc1ccc(C(=O)N2CCCC(c3ccnc(Nc4cccc(F)c4)n3)C2)cc1. The zero-order chi connectivity index (χ0) is 20.2. The fourth-order valence-electron chi connectivity index (χ4n) is 3.64. The van der Waals surface area contributed by atoms with Crippen LogP contribution in [0.5, 0.6) is 0 Å². The highest BCUT2D eigenvalue weighted by atomic mass is 19.1. The third kappa shape index (κ3) is 4.59. The fourth-order valence-corrected chi connectivity index (χ4v) is 3.64. The molecule has 3 aromatic rings. The predicted octanol–water partition coefficient (Wildman–Crippen LogP) is 4.69. The van der Waals surface area contributed by atoms with E-state index in [2.05, 4.69) is 15.3 Å². The molecular formula is C23H23FN4O. The van der Waals surface area contributed by atoms with Crippen molar-refractivity contribution in [2.24, 2.45) is 0 Å². The van der Waals surface area contributed by atoms with Crippen LogP contribution in [0, 0.1) is 12.7 Å². The van der Waals surface area contributed by atoms with E-state index in [4.69, 9.17) is 0 Å². The molecule has 1 amide bonds. The maximum absolute atomic E-state index is 13.4. The molecule has 6 heteroatoms. The van der Waals surface area contributed by atoms with Crippen molar-refractivity contribution in [2.75, 3.05) is 18.4 Å². The lowest BCUT2D eigenvalue weighted by Crippen LogP contribution is -2.39. The summed E-state index contributed by atoms with van der Waals surface area (Å²) < 4.78 is 13.4. The van der Waals surface area contributed by atoms with Gasteiger partial charge in [0.05, 0.1) is 5.69 Å². The van der Waals surface area contributed by atoms with Gasteiger partial charge in [0.15, 0.2) is 0 Å². The van der Waals surface area contributed by atoms with Crippen molar-refractivity contribution in [1.82, 2.24) is 14.9 Å². The fraction of sp³-hybridized carbons (Fsp3) is 0.261. The molecule has 148 valence electrons. The number of likely N-dealkylation sites (tertiary alicyclic amines) is 1. The molecule has 0 saturated carbocycles. The lowest BCUT2D eigenvalue weighted by molar-refractivity contribution is 0.0706. The summed E-state index contributed by atoms with van der Waals surface area (Å²) in [5, 5.41) is 3.05. The number of hydrogen-bond acceptors (Lipinski definition) is 4. The van der Waals surface area contributed by atoms with E-state index in [1.807, 2.05) is 42.2 Å². The number of hydrogen-bond donors (Lipinski definition) is 1. The monoisotopic (exact) mass is 390 g/mol. The number of halogens is 1. The summed E-state index contributed by atoms with van der Waals surface area (Å²) in [7, 11) is 0. The number of aromatic nitrogens is 2. The number of nitrogens with one attached hydrogen (secondary N) is 1. The highest BCUT2D eigenvalue weighted by Crippen LogP contribution is 2.27. The van der Waals surface area contributed by atoms with E-state index in [0.29, 0.717) is 23.7 Å². The van der Waals surface area contributed by atoms with Crippen molar-refractivity contribution in [1.29, 1.82) is 0 Å². The molecule has 1 aliphatic heterocycles. The molecule has 1 unspecified atom stereocenters. The molecule has 0 bridgehead atoms. The summed E-state index contributed by atoms with van der Waals surface area (Å²) in [5.74, 6) is 0.315. The first-order valence-electron chi connectivity index (χ1n) is 9.80. The molecule has 5 nitrogen and oxygen atoms in total.